The number of benzene rings is 8. The van der Waals surface area contributed by atoms with Crippen molar-refractivity contribution in [3.8, 4) is 11.1 Å². The minimum atomic E-state index is 1.13. The first kappa shape index (κ1) is 29.3. The molecular formula is C46H36N2. The summed E-state index contributed by atoms with van der Waals surface area (Å²) < 4.78 is 0. The first-order chi connectivity index (χ1) is 23.7. The molecule has 0 aliphatic rings. The molecule has 0 atom stereocenters. The maximum Gasteiger partial charge on any atom is 0.0497 e. The van der Waals surface area contributed by atoms with Crippen LogP contribution in [0.4, 0.5) is 34.1 Å². The summed E-state index contributed by atoms with van der Waals surface area (Å²) in [5.41, 5.74) is 11.8. The van der Waals surface area contributed by atoms with Crippen LogP contribution in [0.25, 0.3) is 32.7 Å². The summed E-state index contributed by atoms with van der Waals surface area (Å²) in [6.07, 6.45) is 0. The highest BCUT2D eigenvalue weighted by atomic mass is 15.1. The molecule has 0 radical (unpaired) electrons. The summed E-state index contributed by atoms with van der Waals surface area (Å²) in [7, 11) is 0. The Bertz CT molecular complexity index is 2170. The largest absolute Gasteiger partial charge is 0.310 e. The van der Waals surface area contributed by atoms with E-state index in [1.165, 1.54) is 55.2 Å². The second-order valence-electron chi connectivity index (χ2n) is 12.3. The third kappa shape index (κ3) is 5.38. The van der Waals surface area contributed by atoms with Crippen molar-refractivity contribution < 1.29 is 0 Å². The number of hydrogen-bond acceptors (Lipinski definition) is 2. The lowest BCUT2D eigenvalue weighted by Crippen LogP contribution is -2.11. The van der Waals surface area contributed by atoms with E-state index in [0.29, 0.717) is 0 Å². The fraction of sp³-hybridized carbons (Fsp3) is 0.0435. The van der Waals surface area contributed by atoms with Crippen LogP contribution in [0.3, 0.4) is 0 Å². The number of fused-ring (bicyclic) bond motifs is 2. The molecule has 0 aliphatic carbocycles. The van der Waals surface area contributed by atoms with Crippen molar-refractivity contribution in [1.29, 1.82) is 0 Å². The monoisotopic (exact) mass is 616 g/mol. The Hall–Kier alpha value is -6.12. The smallest absolute Gasteiger partial charge is 0.0497 e. The molecule has 0 spiro atoms. The van der Waals surface area contributed by atoms with Crippen LogP contribution in [0.1, 0.15) is 11.1 Å². The molecule has 0 bridgehead atoms. The van der Waals surface area contributed by atoms with Gasteiger partial charge in [-0.25, -0.2) is 0 Å². The molecular weight excluding hydrogens is 581 g/mol. The second kappa shape index (κ2) is 12.6. The Morgan fingerprint density at radius 3 is 1.02 bits per heavy atom. The van der Waals surface area contributed by atoms with Crippen molar-refractivity contribution in [1.82, 2.24) is 0 Å². The number of anilines is 6. The van der Waals surface area contributed by atoms with Crippen LogP contribution in [0.15, 0.2) is 182 Å². The van der Waals surface area contributed by atoms with Gasteiger partial charge in [0.25, 0.3) is 0 Å². The van der Waals surface area contributed by atoms with Crippen LogP contribution in [-0.2, 0) is 0 Å². The van der Waals surface area contributed by atoms with Crippen LogP contribution in [-0.4, -0.2) is 0 Å². The van der Waals surface area contributed by atoms with E-state index in [2.05, 4.69) is 206 Å². The quantitative estimate of drug-likeness (QED) is 0.176. The van der Waals surface area contributed by atoms with Crippen LogP contribution in [0, 0.1) is 13.8 Å². The number of rotatable bonds is 7. The van der Waals surface area contributed by atoms with Crippen LogP contribution in [0.2, 0.25) is 0 Å². The summed E-state index contributed by atoms with van der Waals surface area (Å²) in [6.45, 7) is 4.45. The highest BCUT2D eigenvalue weighted by molar-refractivity contribution is 5.95. The second-order valence-corrected chi connectivity index (χ2v) is 12.3. The van der Waals surface area contributed by atoms with Gasteiger partial charge in [0, 0.05) is 34.1 Å². The summed E-state index contributed by atoms with van der Waals surface area (Å²) in [5.74, 6) is 0. The lowest BCUT2D eigenvalue weighted by molar-refractivity contribution is 1.26. The molecule has 8 rings (SSSR count). The molecule has 48 heavy (non-hydrogen) atoms. The van der Waals surface area contributed by atoms with Gasteiger partial charge in [0.1, 0.15) is 0 Å². The molecule has 0 fully saturated rings. The van der Waals surface area contributed by atoms with E-state index in [1.807, 2.05) is 0 Å². The zero-order valence-corrected chi connectivity index (χ0v) is 27.2. The first-order valence-electron chi connectivity index (χ1n) is 16.5. The van der Waals surface area contributed by atoms with Crippen molar-refractivity contribution in [3.63, 3.8) is 0 Å². The van der Waals surface area contributed by atoms with Crippen LogP contribution >= 0.6 is 0 Å². The first-order valence-corrected chi connectivity index (χ1v) is 16.5. The van der Waals surface area contributed by atoms with Crippen LogP contribution in [0.5, 0.6) is 0 Å². The van der Waals surface area contributed by atoms with Gasteiger partial charge in [0.15, 0.2) is 0 Å². The maximum atomic E-state index is 2.36. The lowest BCUT2D eigenvalue weighted by Gasteiger charge is -2.28. The third-order valence-corrected chi connectivity index (χ3v) is 9.43. The summed E-state index contributed by atoms with van der Waals surface area (Å²) in [6, 6.07) is 65.3. The van der Waals surface area contributed by atoms with E-state index in [-0.39, 0.29) is 0 Å². The zero-order valence-electron chi connectivity index (χ0n) is 27.2. The molecule has 0 unspecified atom stereocenters. The molecule has 0 saturated heterocycles. The van der Waals surface area contributed by atoms with Crippen molar-refractivity contribution >= 4 is 55.7 Å². The minimum Gasteiger partial charge on any atom is -0.310 e. The fourth-order valence-corrected chi connectivity index (χ4v) is 6.93. The molecule has 0 saturated carbocycles. The molecule has 2 nitrogen and oxygen atoms in total. The zero-order chi connectivity index (χ0) is 32.5. The summed E-state index contributed by atoms with van der Waals surface area (Å²) in [5, 5.41) is 5.06. The topological polar surface area (TPSA) is 6.48 Å². The number of hydrogen-bond donors (Lipinski definition) is 0. The van der Waals surface area contributed by atoms with Crippen molar-refractivity contribution in [3.05, 3.63) is 193 Å². The Kier molecular flexibility index (Phi) is 7.68. The Morgan fingerprint density at radius 1 is 0.292 bits per heavy atom. The van der Waals surface area contributed by atoms with Crippen molar-refractivity contribution in [2.75, 3.05) is 9.80 Å². The molecule has 8 aromatic rings. The minimum absolute atomic E-state index is 1.13. The lowest BCUT2D eigenvalue weighted by atomic mass is 10.0. The van der Waals surface area contributed by atoms with Gasteiger partial charge in [-0.2, -0.15) is 0 Å². The van der Waals surface area contributed by atoms with Gasteiger partial charge in [0.05, 0.1) is 0 Å². The van der Waals surface area contributed by atoms with E-state index in [0.717, 1.165) is 22.7 Å². The van der Waals surface area contributed by atoms with Gasteiger partial charge in [-0.1, -0.05) is 121 Å². The van der Waals surface area contributed by atoms with E-state index >= 15 is 0 Å². The standard InChI is InChI=1S/C46H36N2/c1-33-43-19-11-9-13-37(43)25-31-45(33)47(39-15-5-3-6-16-39)41-27-21-35(22-28-41)36-23-29-42(30-24-36)48(40-17-7-4-8-18-40)46-32-26-38-14-10-12-20-44(38)34(46)2/h3-32H,1-2H3. The highest BCUT2D eigenvalue weighted by Gasteiger charge is 2.18. The normalized spacial score (nSPS) is 11.1. The molecule has 8 aromatic carbocycles. The fourth-order valence-electron chi connectivity index (χ4n) is 6.93. The average Bonchev–Trinajstić information content (AvgIpc) is 3.15. The van der Waals surface area contributed by atoms with Crippen LogP contribution < -0.4 is 9.80 Å². The maximum absolute atomic E-state index is 2.36. The van der Waals surface area contributed by atoms with Gasteiger partial charge in [-0.15, -0.1) is 0 Å². The Morgan fingerprint density at radius 2 is 0.625 bits per heavy atom. The highest BCUT2D eigenvalue weighted by Crippen LogP contribution is 2.41. The van der Waals surface area contributed by atoms with E-state index < -0.39 is 0 Å². The predicted octanol–water partition coefficient (Wildman–Crippen LogP) is 13.2. The molecule has 0 aromatic heterocycles. The van der Waals surface area contributed by atoms with Gasteiger partial charge >= 0.3 is 0 Å². The van der Waals surface area contributed by atoms with E-state index in [9.17, 15) is 0 Å². The molecule has 0 amide bonds. The van der Waals surface area contributed by atoms with Gasteiger partial charge in [-0.05, 0) is 118 Å². The summed E-state index contributed by atoms with van der Waals surface area (Å²) in [4.78, 5) is 4.72. The van der Waals surface area contributed by atoms with E-state index in [1.54, 1.807) is 0 Å². The molecule has 2 heteroatoms. The van der Waals surface area contributed by atoms with Crippen molar-refractivity contribution in [2.45, 2.75) is 13.8 Å². The van der Waals surface area contributed by atoms with Crippen molar-refractivity contribution in [2.24, 2.45) is 0 Å². The summed E-state index contributed by atoms with van der Waals surface area (Å²) >= 11 is 0. The molecule has 0 heterocycles. The number of aryl methyl sites for hydroxylation is 2. The predicted molar refractivity (Wildman–Crippen MR) is 206 cm³/mol. The van der Waals surface area contributed by atoms with Gasteiger partial charge < -0.3 is 9.80 Å². The molecule has 0 aliphatic heterocycles. The van der Waals surface area contributed by atoms with Gasteiger partial charge in [-0.3, -0.25) is 0 Å². The van der Waals surface area contributed by atoms with Gasteiger partial charge in [0.2, 0.25) is 0 Å². The van der Waals surface area contributed by atoms with E-state index in [4.69, 9.17) is 0 Å². The SMILES string of the molecule is Cc1c(N(c2ccccc2)c2ccc(-c3ccc(N(c4ccccc4)c4ccc5ccccc5c4C)cc3)cc2)ccc2ccccc12. The number of para-hydroxylation sites is 2. The third-order valence-electron chi connectivity index (χ3n) is 9.43. The molecule has 0 N–H and O–H groups in total. The average molecular weight is 617 g/mol. The number of nitrogens with zero attached hydrogens (tertiary/aromatic N) is 2. The Balaban J connectivity index is 1.15. The Labute approximate surface area is 282 Å². The molecule has 230 valence electrons.